The fourth-order valence-corrected chi connectivity index (χ4v) is 2.44. The minimum atomic E-state index is -0.592. The number of nitrogens with one attached hydrogen (secondary N) is 1. The third kappa shape index (κ3) is 3.25. The number of benzene rings is 1. The Morgan fingerprint density at radius 1 is 1.40 bits per heavy atom. The summed E-state index contributed by atoms with van der Waals surface area (Å²) in [5.41, 5.74) is 2.14. The number of hydrazine groups is 1. The van der Waals surface area contributed by atoms with E-state index in [0.29, 0.717) is 10.1 Å². The molecule has 2 aromatic rings. The van der Waals surface area contributed by atoms with Crippen molar-refractivity contribution < 1.29 is 9.66 Å². The lowest BCUT2D eigenvalue weighted by Crippen LogP contribution is -2.05. The number of aromatic nitrogens is 2. The lowest BCUT2D eigenvalue weighted by molar-refractivity contribution is -0.384. The molecule has 0 atom stereocenters. The van der Waals surface area contributed by atoms with Gasteiger partial charge in [0.15, 0.2) is 10.8 Å². The van der Waals surface area contributed by atoms with Crippen LogP contribution in [0.15, 0.2) is 12.1 Å². The highest BCUT2D eigenvalue weighted by Gasteiger charge is 2.16. The number of hydrogen-bond donors (Lipinski definition) is 2. The number of anilines is 1. The number of rotatable bonds is 5. The summed E-state index contributed by atoms with van der Waals surface area (Å²) in [6.45, 7) is 0.0661. The standard InChI is InChI=1S/C9H7Cl2N5O3S/c10-5-1-4(16(17)18)2-6(11)8(5)19-3-7-14-15-9(13-12)20-7/h1-2H,3,12H2,(H,13,15). The number of nitrogen functional groups attached to an aromatic ring is 1. The largest absolute Gasteiger partial charge is 0.483 e. The maximum Gasteiger partial charge on any atom is 0.272 e. The molecule has 0 saturated heterocycles. The van der Waals surface area contributed by atoms with Gasteiger partial charge in [0.25, 0.3) is 5.69 Å². The highest BCUT2D eigenvalue weighted by molar-refractivity contribution is 7.15. The predicted octanol–water partition coefficient (Wildman–Crippen LogP) is 2.62. The number of nitro benzene ring substituents is 1. The van der Waals surface area contributed by atoms with Gasteiger partial charge in [0, 0.05) is 12.1 Å². The van der Waals surface area contributed by atoms with Gasteiger partial charge < -0.3 is 4.74 Å². The normalized spacial score (nSPS) is 10.3. The molecule has 1 aromatic heterocycles. The number of non-ortho nitro benzene ring substituents is 1. The van der Waals surface area contributed by atoms with E-state index in [9.17, 15) is 10.1 Å². The van der Waals surface area contributed by atoms with Crippen LogP contribution in [0, 0.1) is 10.1 Å². The van der Waals surface area contributed by atoms with E-state index in [1.54, 1.807) is 0 Å². The van der Waals surface area contributed by atoms with Crippen molar-refractivity contribution in [1.29, 1.82) is 0 Å². The van der Waals surface area contributed by atoms with Crippen molar-refractivity contribution in [3.8, 4) is 5.75 Å². The van der Waals surface area contributed by atoms with Crippen molar-refractivity contribution >= 4 is 45.4 Å². The fraction of sp³-hybridized carbons (Fsp3) is 0.111. The molecule has 106 valence electrons. The highest BCUT2D eigenvalue weighted by Crippen LogP contribution is 2.37. The molecular weight excluding hydrogens is 329 g/mol. The van der Waals surface area contributed by atoms with Crippen molar-refractivity contribution in [2.45, 2.75) is 6.61 Å². The van der Waals surface area contributed by atoms with Crippen LogP contribution in [0.4, 0.5) is 10.8 Å². The maximum absolute atomic E-state index is 10.6. The lowest BCUT2D eigenvalue weighted by Gasteiger charge is -2.07. The molecule has 0 radical (unpaired) electrons. The van der Waals surface area contributed by atoms with Crippen LogP contribution in [-0.2, 0) is 6.61 Å². The molecule has 0 unspecified atom stereocenters. The Labute approximate surface area is 126 Å². The second-order valence-corrected chi connectivity index (χ2v) is 5.31. The second-order valence-electron chi connectivity index (χ2n) is 3.43. The van der Waals surface area contributed by atoms with Crippen LogP contribution >= 0.6 is 34.5 Å². The van der Waals surface area contributed by atoms with Crippen LogP contribution < -0.4 is 16.0 Å². The quantitative estimate of drug-likeness (QED) is 0.490. The SMILES string of the molecule is NNc1nnc(COc2c(Cl)cc([N+](=O)[O-])cc2Cl)s1. The van der Waals surface area contributed by atoms with Crippen molar-refractivity contribution in [3.05, 3.63) is 37.3 Å². The second kappa shape index (κ2) is 6.18. The summed E-state index contributed by atoms with van der Waals surface area (Å²) in [7, 11) is 0. The Bertz CT molecular complexity index is 627. The van der Waals surface area contributed by atoms with Gasteiger partial charge in [0.1, 0.15) is 6.61 Å². The van der Waals surface area contributed by atoms with Crippen LogP contribution in [0.2, 0.25) is 10.0 Å². The molecule has 8 nitrogen and oxygen atoms in total. The van der Waals surface area contributed by atoms with Crippen molar-refractivity contribution in [2.75, 3.05) is 5.43 Å². The van der Waals surface area contributed by atoms with Gasteiger partial charge in [-0.2, -0.15) is 0 Å². The molecular formula is C9H7Cl2N5O3S. The first kappa shape index (κ1) is 14.7. The maximum atomic E-state index is 10.6. The molecule has 0 saturated carbocycles. The van der Waals surface area contributed by atoms with Crippen LogP contribution in [0.1, 0.15) is 5.01 Å². The zero-order chi connectivity index (χ0) is 14.7. The summed E-state index contributed by atoms with van der Waals surface area (Å²) in [6, 6.07) is 2.32. The van der Waals surface area contributed by atoms with E-state index in [0.717, 1.165) is 12.1 Å². The Kier molecular flexibility index (Phi) is 4.55. The van der Waals surface area contributed by atoms with Gasteiger partial charge in [-0.05, 0) is 0 Å². The van der Waals surface area contributed by atoms with E-state index in [1.807, 2.05) is 0 Å². The van der Waals surface area contributed by atoms with Crippen LogP contribution in [0.3, 0.4) is 0 Å². The third-order valence-corrected chi connectivity index (χ3v) is 3.51. The van der Waals surface area contributed by atoms with Gasteiger partial charge in [0.05, 0.1) is 15.0 Å². The summed E-state index contributed by atoms with van der Waals surface area (Å²) in [5.74, 6) is 5.32. The highest BCUT2D eigenvalue weighted by atomic mass is 35.5. The van der Waals surface area contributed by atoms with Gasteiger partial charge in [-0.25, -0.2) is 5.84 Å². The fourth-order valence-electron chi connectivity index (χ4n) is 1.29. The zero-order valence-electron chi connectivity index (χ0n) is 9.67. The summed E-state index contributed by atoms with van der Waals surface area (Å²) >= 11 is 13.0. The summed E-state index contributed by atoms with van der Waals surface area (Å²) < 4.78 is 5.40. The van der Waals surface area contributed by atoms with Crippen LogP contribution in [-0.4, -0.2) is 15.1 Å². The van der Waals surface area contributed by atoms with Crippen molar-refractivity contribution in [1.82, 2.24) is 10.2 Å². The third-order valence-electron chi connectivity index (χ3n) is 2.12. The van der Waals surface area contributed by atoms with Gasteiger partial charge in [-0.3, -0.25) is 15.5 Å². The molecule has 20 heavy (non-hydrogen) atoms. The molecule has 3 N–H and O–H groups in total. The minimum Gasteiger partial charge on any atom is -0.483 e. The van der Waals surface area contributed by atoms with E-state index < -0.39 is 4.92 Å². The molecule has 0 spiro atoms. The predicted molar refractivity (Wildman–Crippen MR) is 75.2 cm³/mol. The summed E-state index contributed by atoms with van der Waals surface area (Å²) in [6.07, 6.45) is 0. The van der Waals surface area contributed by atoms with E-state index >= 15 is 0 Å². The number of nitrogens with zero attached hydrogens (tertiary/aromatic N) is 3. The van der Waals surface area contributed by atoms with Gasteiger partial charge in [0.2, 0.25) is 5.13 Å². The average molecular weight is 336 g/mol. The molecule has 1 aromatic carbocycles. The molecule has 0 aliphatic rings. The molecule has 0 amide bonds. The average Bonchev–Trinajstić information content (AvgIpc) is 2.85. The molecule has 0 aliphatic carbocycles. The summed E-state index contributed by atoms with van der Waals surface area (Å²) in [4.78, 5) is 10.1. The number of ether oxygens (including phenoxy) is 1. The lowest BCUT2D eigenvalue weighted by atomic mass is 10.3. The van der Waals surface area contributed by atoms with E-state index in [-0.39, 0.29) is 28.1 Å². The molecule has 1 heterocycles. The van der Waals surface area contributed by atoms with Crippen LogP contribution in [0.5, 0.6) is 5.75 Å². The molecule has 0 fully saturated rings. The Morgan fingerprint density at radius 3 is 2.55 bits per heavy atom. The summed E-state index contributed by atoms with van der Waals surface area (Å²) in [5, 5.41) is 19.3. The Morgan fingerprint density at radius 2 is 2.05 bits per heavy atom. The monoisotopic (exact) mass is 335 g/mol. The molecule has 2 rings (SSSR count). The minimum absolute atomic E-state index is 0.0471. The van der Waals surface area contributed by atoms with Crippen molar-refractivity contribution in [2.24, 2.45) is 5.84 Å². The van der Waals surface area contributed by atoms with Gasteiger partial charge in [-0.1, -0.05) is 34.5 Å². The Hall–Kier alpha value is -1.68. The molecule has 0 aliphatic heterocycles. The first-order chi connectivity index (χ1) is 9.51. The van der Waals surface area contributed by atoms with Crippen LogP contribution in [0.25, 0.3) is 0 Å². The number of nitrogens with two attached hydrogens (primary N) is 1. The number of hydrogen-bond acceptors (Lipinski definition) is 8. The van der Waals surface area contributed by atoms with E-state index in [2.05, 4.69) is 15.6 Å². The molecule has 11 heteroatoms. The number of halogens is 2. The topological polar surface area (TPSA) is 116 Å². The first-order valence-corrected chi connectivity index (χ1v) is 6.63. The Balaban J connectivity index is 2.15. The van der Waals surface area contributed by atoms with E-state index in [1.165, 1.54) is 11.3 Å². The van der Waals surface area contributed by atoms with Crippen molar-refractivity contribution in [3.63, 3.8) is 0 Å². The smallest absolute Gasteiger partial charge is 0.272 e. The number of nitro groups is 1. The molecule has 0 bridgehead atoms. The first-order valence-electron chi connectivity index (χ1n) is 5.06. The van der Waals surface area contributed by atoms with E-state index in [4.69, 9.17) is 33.8 Å². The zero-order valence-corrected chi connectivity index (χ0v) is 12.0. The van der Waals surface area contributed by atoms with Gasteiger partial charge in [-0.15, -0.1) is 10.2 Å². The van der Waals surface area contributed by atoms with Gasteiger partial charge >= 0.3 is 0 Å².